The summed E-state index contributed by atoms with van der Waals surface area (Å²) in [5, 5.41) is 14.7. The molecule has 0 unspecified atom stereocenters. The standard InChI is InChI=1S/C24H30F2N2O3/c1-24(2,3)30-16-21(29)14-28(13-17-5-4-6-20(26)11-17)15-22-12-23(27-31-22)18-7-9-19(25)10-8-18/h4-11,21-22,29H,12-16H2,1-3H3/t21-,22-/m0/s1. The van der Waals surface area contributed by atoms with Gasteiger partial charge in [-0.3, -0.25) is 4.90 Å². The highest BCUT2D eigenvalue weighted by Gasteiger charge is 2.26. The number of aliphatic hydroxyl groups is 1. The molecule has 0 radical (unpaired) electrons. The number of ether oxygens (including phenoxy) is 1. The van der Waals surface area contributed by atoms with Gasteiger partial charge < -0.3 is 14.7 Å². The molecule has 1 N–H and O–H groups in total. The number of aliphatic hydroxyl groups excluding tert-OH is 1. The third kappa shape index (κ3) is 7.69. The van der Waals surface area contributed by atoms with Crippen molar-refractivity contribution in [3.05, 3.63) is 71.3 Å². The molecule has 0 bridgehead atoms. The first-order chi connectivity index (χ1) is 14.7. The lowest BCUT2D eigenvalue weighted by Gasteiger charge is -2.28. The quantitative estimate of drug-likeness (QED) is 0.647. The van der Waals surface area contributed by atoms with Crippen LogP contribution in [0.2, 0.25) is 0 Å². The zero-order valence-electron chi connectivity index (χ0n) is 18.2. The highest BCUT2D eigenvalue weighted by molar-refractivity contribution is 6.01. The van der Waals surface area contributed by atoms with Crippen LogP contribution in [0.3, 0.4) is 0 Å². The monoisotopic (exact) mass is 432 g/mol. The molecule has 2 aromatic carbocycles. The smallest absolute Gasteiger partial charge is 0.145 e. The number of benzene rings is 2. The molecule has 1 aliphatic rings. The summed E-state index contributed by atoms with van der Waals surface area (Å²) in [6.07, 6.45) is -0.351. The van der Waals surface area contributed by atoms with E-state index in [-0.39, 0.29) is 29.9 Å². The summed E-state index contributed by atoms with van der Waals surface area (Å²) in [7, 11) is 0. The molecular weight excluding hydrogens is 402 g/mol. The number of halogens is 2. The van der Waals surface area contributed by atoms with E-state index in [2.05, 4.69) is 5.16 Å². The fraction of sp³-hybridized carbons (Fsp3) is 0.458. The molecule has 0 fully saturated rings. The van der Waals surface area contributed by atoms with E-state index in [1.807, 2.05) is 31.7 Å². The van der Waals surface area contributed by atoms with Gasteiger partial charge in [-0.1, -0.05) is 29.4 Å². The van der Waals surface area contributed by atoms with Crippen LogP contribution in [0.4, 0.5) is 8.78 Å². The molecule has 0 amide bonds. The van der Waals surface area contributed by atoms with Crippen molar-refractivity contribution >= 4 is 5.71 Å². The van der Waals surface area contributed by atoms with Gasteiger partial charge in [0.1, 0.15) is 17.7 Å². The fourth-order valence-electron chi connectivity index (χ4n) is 3.42. The summed E-state index contributed by atoms with van der Waals surface area (Å²) >= 11 is 0. The van der Waals surface area contributed by atoms with Gasteiger partial charge in [-0.25, -0.2) is 8.78 Å². The van der Waals surface area contributed by atoms with Crippen molar-refractivity contribution in [2.75, 3.05) is 19.7 Å². The van der Waals surface area contributed by atoms with Crippen molar-refractivity contribution in [2.24, 2.45) is 5.16 Å². The van der Waals surface area contributed by atoms with E-state index in [4.69, 9.17) is 9.57 Å². The van der Waals surface area contributed by atoms with Crippen molar-refractivity contribution in [1.82, 2.24) is 4.90 Å². The van der Waals surface area contributed by atoms with E-state index in [1.54, 1.807) is 18.2 Å². The molecular formula is C24H30F2N2O3. The Morgan fingerprint density at radius 1 is 1.16 bits per heavy atom. The van der Waals surface area contributed by atoms with Gasteiger partial charge in [-0.15, -0.1) is 0 Å². The number of nitrogens with zero attached hydrogens (tertiary/aromatic N) is 2. The van der Waals surface area contributed by atoms with Gasteiger partial charge in [0.2, 0.25) is 0 Å². The lowest BCUT2D eigenvalue weighted by Crippen LogP contribution is -2.40. The van der Waals surface area contributed by atoms with Crippen LogP contribution in [0.1, 0.15) is 38.3 Å². The first-order valence-corrected chi connectivity index (χ1v) is 10.5. The molecule has 2 aromatic rings. The summed E-state index contributed by atoms with van der Waals surface area (Å²) in [5.41, 5.74) is 2.04. The Morgan fingerprint density at radius 2 is 1.90 bits per heavy atom. The zero-order valence-corrected chi connectivity index (χ0v) is 18.2. The molecule has 0 aliphatic carbocycles. The summed E-state index contributed by atoms with van der Waals surface area (Å²) in [6, 6.07) is 12.6. The van der Waals surface area contributed by atoms with Crippen LogP contribution in [-0.2, 0) is 16.1 Å². The van der Waals surface area contributed by atoms with Crippen molar-refractivity contribution in [2.45, 2.75) is 51.5 Å². The highest BCUT2D eigenvalue weighted by Crippen LogP contribution is 2.19. The average molecular weight is 433 g/mol. The number of oxime groups is 1. The van der Waals surface area contributed by atoms with E-state index in [0.29, 0.717) is 26.1 Å². The normalized spacial score (nSPS) is 17.5. The largest absolute Gasteiger partial charge is 0.390 e. The minimum absolute atomic E-state index is 0.200. The Morgan fingerprint density at radius 3 is 2.58 bits per heavy atom. The van der Waals surface area contributed by atoms with Crippen LogP contribution in [-0.4, -0.2) is 53.2 Å². The van der Waals surface area contributed by atoms with Crippen molar-refractivity contribution < 1.29 is 23.5 Å². The Labute approximate surface area is 182 Å². The Kier molecular flexibility index (Phi) is 7.75. The Hall–Kier alpha value is -2.35. The maximum Gasteiger partial charge on any atom is 0.145 e. The van der Waals surface area contributed by atoms with E-state index < -0.39 is 6.10 Å². The second-order valence-corrected chi connectivity index (χ2v) is 8.88. The average Bonchev–Trinajstić information content (AvgIpc) is 3.15. The third-order valence-electron chi connectivity index (χ3n) is 4.85. The fourth-order valence-corrected chi connectivity index (χ4v) is 3.42. The molecule has 5 nitrogen and oxygen atoms in total. The summed E-state index contributed by atoms with van der Waals surface area (Å²) in [6.45, 7) is 7.30. The molecule has 31 heavy (non-hydrogen) atoms. The second kappa shape index (κ2) is 10.3. The molecule has 0 saturated carbocycles. The number of rotatable bonds is 9. The minimum Gasteiger partial charge on any atom is -0.390 e. The van der Waals surface area contributed by atoms with Crippen LogP contribution in [0.25, 0.3) is 0 Å². The van der Waals surface area contributed by atoms with Crippen molar-refractivity contribution in [3.8, 4) is 0 Å². The van der Waals surface area contributed by atoms with E-state index >= 15 is 0 Å². The molecule has 0 spiro atoms. The number of hydrogen-bond acceptors (Lipinski definition) is 5. The highest BCUT2D eigenvalue weighted by atomic mass is 19.1. The predicted molar refractivity (Wildman–Crippen MR) is 116 cm³/mol. The lowest BCUT2D eigenvalue weighted by molar-refractivity contribution is -0.0600. The van der Waals surface area contributed by atoms with Crippen LogP contribution in [0, 0.1) is 11.6 Å². The maximum atomic E-state index is 13.6. The van der Waals surface area contributed by atoms with E-state index in [0.717, 1.165) is 16.8 Å². The first-order valence-electron chi connectivity index (χ1n) is 10.5. The Balaban J connectivity index is 1.62. The molecule has 1 heterocycles. The van der Waals surface area contributed by atoms with Crippen LogP contribution >= 0.6 is 0 Å². The minimum atomic E-state index is -0.702. The summed E-state index contributed by atoms with van der Waals surface area (Å²) in [5.74, 6) is -0.597. The zero-order chi connectivity index (χ0) is 22.4. The molecule has 0 saturated heterocycles. The van der Waals surface area contributed by atoms with Gasteiger partial charge >= 0.3 is 0 Å². The van der Waals surface area contributed by atoms with Gasteiger partial charge in [-0.2, -0.15) is 0 Å². The second-order valence-electron chi connectivity index (χ2n) is 8.88. The van der Waals surface area contributed by atoms with Crippen LogP contribution in [0.5, 0.6) is 0 Å². The molecule has 2 atom stereocenters. The summed E-state index contributed by atoms with van der Waals surface area (Å²) < 4.78 is 32.5. The third-order valence-corrected chi connectivity index (χ3v) is 4.85. The topological polar surface area (TPSA) is 54.3 Å². The van der Waals surface area contributed by atoms with Gasteiger partial charge in [-0.05, 0) is 56.2 Å². The molecule has 7 heteroatoms. The SMILES string of the molecule is CC(C)(C)OC[C@@H](O)CN(Cc1cccc(F)c1)C[C@@H]1CC(c2ccc(F)cc2)=NO1. The molecule has 168 valence electrons. The molecule has 1 aliphatic heterocycles. The van der Waals surface area contributed by atoms with Gasteiger partial charge in [0.25, 0.3) is 0 Å². The van der Waals surface area contributed by atoms with E-state index in [9.17, 15) is 13.9 Å². The summed E-state index contributed by atoms with van der Waals surface area (Å²) in [4.78, 5) is 7.62. The van der Waals surface area contributed by atoms with Crippen molar-refractivity contribution in [3.63, 3.8) is 0 Å². The van der Waals surface area contributed by atoms with Gasteiger partial charge in [0.05, 0.1) is 24.0 Å². The van der Waals surface area contributed by atoms with Gasteiger partial charge in [0.15, 0.2) is 0 Å². The lowest BCUT2D eigenvalue weighted by atomic mass is 10.0. The van der Waals surface area contributed by atoms with Crippen LogP contribution < -0.4 is 0 Å². The predicted octanol–water partition coefficient (Wildman–Crippen LogP) is 4.14. The van der Waals surface area contributed by atoms with Gasteiger partial charge in [0, 0.05) is 26.1 Å². The first kappa shape index (κ1) is 23.3. The Bertz CT molecular complexity index is 881. The van der Waals surface area contributed by atoms with E-state index in [1.165, 1.54) is 24.3 Å². The molecule has 3 rings (SSSR count). The number of hydrogen-bond donors (Lipinski definition) is 1. The maximum absolute atomic E-state index is 13.6. The van der Waals surface area contributed by atoms with Crippen LogP contribution in [0.15, 0.2) is 53.7 Å². The van der Waals surface area contributed by atoms with Crippen molar-refractivity contribution in [1.29, 1.82) is 0 Å². The molecule has 0 aromatic heterocycles.